The molecule has 2 aromatic carbocycles. The first kappa shape index (κ1) is 16.1. The summed E-state index contributed by atoms with van der Waals surface area (Å²) < 4.78 is 10.9. The standard InChI is InChI=1S/C19H19NO4/c1-2-3-12-23-19(22)20-18(21)17-13-8-4-6-10-15(13)24-16-11-7-5-9-14(16)17/h4-11,17H,2-3,12H2,1H3,(H,20,21,22). The van der Waals surface area contributed by atoms with Crippen molar-refractivity contribution in [2.45, 2.75) is 25.7 Å². The third-order valence-corrected chi connectivity index (χ3v) is 3.90. The van der Waals surface area contributed by atoms with E-state index < -0.39 is 17.9 Å². The van der Waals surface area contributed by atoms with Gasteiger partial charge >= 0.3 is 6.09 Å². The second-order valence-electron chi connectivity index (χ2n) is 5.59. The number of alkyl carbamates (subject to hydrolysis) is 1. The second-order valence-corrected chi connectivity index (χ2v) is 5.59. The van der Waals surface area contributed by atoms with Gasteiger partial charge in [0.1, 0.15) is 11.5 Å². The molecular weight excluding hydrogens is 306 g/mol. The summed E-state index contributed by atoms with van der Waals surface area (Å²) in [6.07, 6.45) is 0.974. The highest BCUT2D eigenvalue weighted by Crippen LogP contribution is 2.43. The van der Waals surface area contributed by atoms with Crippen molar-refractivity contribution in [3.63, 3.8) is 0 Å². The summed E-state index contributed by atoms with van der Waals surface area (Å²) in [5.41, 5.74) is 1.46. The summed E-state index contributed by atoms with van der Waals surface area (Å²) in [6.45, 7) is 2.30. The molecule has 124 valence electrons. The van der Waals surface area contributed by atoms with Crippen LogP contribution in [0.4, 0.5) is 4.79 Å². The third kappa shape index (κ3) is 3.25. The smallest absolute Gasteiger partial charge is 0.413 e. The topological polar surface area (TPSA) is 64.6 Å². The molecule has 24 heavy (non-hydrogen) atoms. The molecule has 1 N–H and O–H groups in total. The van der Waals surface area contributed by atoms with Gasteiger partial charge in [-0.25, -0.2) is 4.79 Å². The van der Waals surface area contributed by atoms with Crippen molar-refractivity contribution in [2.24, 2.45) is 0 Å². The summed E-state index contributed by atoms with van der Waals surface area (Å²) in [5.74, 6) is 0.218. The molecule has 0 saturated heterocycles. The number of carbonyl (C=O) groups excluding carboxylic acids is 2. The lowest BCUT2D eigenvalue weighted by atomic mass is 9.87. The van der Waals surface area contributed by atoms with Gasteiger partial charge in [-0.2, -0.15) is 0 Å². The molecule has 2 aromatic rings. The van der Waals surface area contributed by atoms with Crippen LogP contribution in [0.25, 0.3) is 0 Å². The molecule has 0 unspecified atom stereocenters. The lowest BCUT2D eigenvalue weighted by Gasteiger charge is -2.27. The molecular formula is C19H19NO4. The first-order valence-corrected chi connectivity index (χ1v) is 8.04. The molecule has 0 aliphatic carbocycles. The van der Waals surface area contributed by atoms with Crippen molar-refractivity contribution in [3.05, 3.63) is 59.7 Å². The quantitative estimate of drug-likeness (QED) is 0.864. The van der Waals surface area contributed by atoms with E-state index in [1.54, 1.807) is 0 Å². The van der Waals surface area contributed by atoms with Crippen LogP contribution in [0.3, 0.4) is 0 Å². The van der Waals surface area contributed by atoms with Gasteiger partial charge in [-0.05, 0) is 18.6 Å². The molecule has 3 rings (SSSR count). The minimum Gasteiger partial charge on any atom is -0.457 e. The fourth-order valence-electron chi connectivity index (χ4n) is 2.71. The summed E-state index contributed by atoms with van der Waals surface area (Å²) in [5, 5.41) is 2.33. The average molecular weight is 325 g/mol. The largest absolute Gasteiger partial charge is 0.457 e. The van der Waals surface area contributed by atoms with Gasteiger partial charge in [-0.1, -0.05) is 49.7 Å². The first-order chi connectivity index (χ1) is 11.7. The first-order valence-electron chi connectivity index (χ1n) is 8.04. The van der Waals surface area contributed by atoms with E-state index >= 15 is 0 Å². The number of carbonyl (C=O) groups is 2. The van der Waals surface area contributed by atoms with E-state index in [1.165, 1.54) is 0 Å². The average Bonchev–Trinajstić information content (AvgIpc) is 2.59. The Morgan fingerprint density at radius 2 is 1.62 bits per heavy atom. The molecule has 1 aliphatic heterocycles. The zero-order valence-corrected chi connectivity index (χ0v) is 13.5. The maximum Gasteiger partial charge on any atom is 0.413 e. The van der Waals surface area contributed by atoms with Gasteiger partial charge in [0.2, 0.25) is 5.91 Å². The number of fused-ring (bicyclic) bond motifs is 2. The fraction of sp³-hybridized carbons (Fsp3) is 0.263. The van der Waals surface area contributed by atoms with Crippen LogP contribution >= 0.6 is 0 Å². The van der Waals surface area contributed by atoms with Crippen LogP contribution in [0.15, 0.2) is 48.5 Å². The molecule has 0 spiro atoms. The number of amides is 2. The maximum absolute atomic E-state index is 12.7. The zero-order chi connectivity index (χ0) is 16.9. The van der Waals surface area contributed by atoms with E-state index in [-0.39, 0.29) is 0 Å². The Bertz CT molecular complexity index is 711. The highest BCUT2D eigenvalue weighted by molar-refractivity contribution is 5.98. The molecule has 0 saturated carbocycles. The molecule has 5 heteroatoms. The predicted octanol–water partition coefficient (Wildman–Crippen LogP) is 3.98. The molecule has 5 nitrogen and oxygen atoms in total. The fourth-order valence-corrected chi connectivity index (χ4v) is 2.71. The summed E-state index contributed by atoms with van der Waals surface area (Å²) in [7, 11) is 0. The van der Waals surface area contributed by atoms with Crippen LogP contribution in [-0.4, -0.2) is 18.6 Å². The van der Waals surface area contributed by atoms with Crippen LogP contribution in [0.2, 0.25) is 0 Å². The lowest BCUT2D eigenvalue weighted by molar-refractivity contribution is -0.121. The molecule has 0 bridgehead atoms. The van der Waals surface area contributed by atoms with Gasteiger partial charge in [0.25, 0.3) is 0 Å². The Morgan fingerprint density at radius 1 is 1.04 bits per heavy atom. The van der Waals surface area contributed by atoms with Crippen LogP contribution < -0.4 is 10.1 Å². The van der Waals surface area contributed by atoms with E-state index in [2.05, 4.69) is 5.32 Å². The Balaban J connectivity index is 1.84. The van der Waals surface area contributed by atoms with Gasteiger partial charge in [0, 0.05) is 11.1 Å². The number of hydrogen-bond donors (Lipinski definition) is 1. The number of benzene rings is 2. The number of hydrogen-bond acceptors (Lipinski definition) is 4. The Labute approximate surface area is 140 Å². The molecule has 2 amide bonds. The van der Waals surface area contributed by atoms with E-state index in [1.807, 2.05) is 55.5 Å². The normalized spacial score (nSPS) is 12.5. The predicted molar refractivity (Wildman–Crippen MR) is 89.2 cm³/mol. The van der Waals surface area contributed by atoms with Crippen LogP contribution in [0.5, 0.6) is 11.5 Å². The number of para-hydroxylation sites is 2. The molecule has 1 aliphatic rings. The number of imide groups is 1. The van der Waals surface area contributed by atoms with Crippen molar-refractivity contribution in [2.75, 3.05) is 6.61 Å². The van der Waals surface area contributed by atoms with Gasteiger partial charge in [-0.15, -0.1) is 0 Å². The van der Waals surface area contributed by atoms with Crippen molar-refractivity contribution in [1.29, 1.82) is 0 Å². The molecule has 0 radical (unpaired) electrons. The van der Waals surface area contributed by atoms with Crippen LogP contribution in [0.1, 0.15) is 36.8 Å². The zero-order valence-electron chi connectivity index (χ0n) is 13.5. The van der Waals surface area contributed by atoms with Gasteiger partial charge in [-0.3, -0.25) is 10.1 Å². The lowest BCUT2D eigenvalue weighted by Crippen LogP contribution is -2.36. The van der Waals surface area contributed by atoms with Crippen LogP contribution in [-0.2, 0) is 9.53 Å². The minimum absolute atomic E-state index is 0.302. The van der Waals surface area contributed by atoms with Gasteiger partial charge in [0.05, 0.1) is 12.5 Å². The Morgan fingerprint density at radius 3 is 2.21 bits per heavy atom. The molecule has 0 aromatic heterocycles. The van der Waals surface area contributed by atoms with E-state index in [0.717, 1.165) is 24.0 Å². The van der Waals surface area contributed by atoms with Gasteiger partial charge in [0.15, 0.2) is 0 Å². The third-order valence-electron chi connectivity index (χ3n) is 3.90. The van der Waals surface area contributed by atoms with Crippen molar-refractivity contribution >= 4 is 12.0 Å². The number of unbranched alkanes of at least 4 members (excludes halogenated alkanes) is 1. The van der Waals surface area contributed by atoms with Gasteiger partial charge < -0.3 is 9.47 Å². The molecule has 0 fully saturated rings. The molecule has 1 heterocycles. The van der Waals surface area contributed by atoms with Crippen molar-refractivity contribution < 1.29 is 19.1 Å². The molecule has 0 atom stereocenters. The highest BCUT2D eigenvalue weighted by Gasteiger charge is 2.33. The Hall–Kier alpha value is -2.82. The number of rotatable bonds is 4. The Kier molecular flexibility index (Phi) is 4.79. The van der Waals surface area contributed by atoms with Crippen LogP contribution in [0, 0.1) is 0 Å². The SMILES string of the molecule is CCCCOC(=O)NC(=O)C1c2ccccc2Oc2ccccc21. The minimum atomic E-state index is -0.713. The summed E-state index contributed by atoms with van der Waals surface area (Å²) in [6, 6.07) is 14.7. The van der Waals surface area contributed by atoms with E-state index in [4.69, 9.17) is 9.47 Å². The van der Waals surface area contributed by atoms with Crippen molar-refractivity contribution in [1.82, 2.24) is 5.32 Å². The highest BCUT2D eigenvalue weighted by atomic mass is 16.5. The monoisotopic (exact) mass is 325 g/mol. The maximum atomic E-state index is 12.7. The van der Waals surface area contributed by atoms with Crippen molar-refractivity contribution in [3.8, 4) is 11.5 Å². The second kappa shape index (κ2) is 7.17. The van der Waals surface area contributed by atoms with E-state index in [9.17, 15) is 9.59 Å². The number of ether oxygens (including phenoxy) is 2. The summed E-state index contributed by atoms with van der Waals surface area (Å²) in [4.78, 5) is 24.5. The van der Waals surface area contributed by atoms with E-state index in [0.29, 0.717) is 18.1 Å². The number of nitrogens with one attached hydrogen (secondary N) is 1. The summed E-state index contributed by atoms with van der Waals surface area (Å²) >= 11 is 0.